The molecule has 0 saturated carbocycles. The van der Waals surface area contributed by atoms with E-state index in [1.165, 1.54) is 0 Å². The average Bonchev–Trinajstić information content (AvgIpc) is 2.72. The Kier molecular flexibility index (Phi) is 3.85. The molecule has 1 heterocycles. The zero-order valence-corrected chi connectivity index (χ0v) is 11.8. The van der Waals surface area contributed by atoms with Crippen molar-refractivity contribution >= 4 is 16.9 Å². The van der Waals surface area contributed by atoms with Gasteiger partial charge in [0.1, 0.15) is 5.82 Å². The van der Waals surface area contributed by atoms with Crippen LogP contribution in [0.1, 0.15) is 12.7 Å². The Morgan fingerprint density at radius 2 is 2.11 bits per heavy atom. The van der Waals surface area contributed by atoms with Gasteiger partial charge >= 0.3 is 0 Å². The molecule has 19 heavy (non-hydrogen) atoms. The molecule has 1 atom stereocenters. The van der Waals surface area contributed by atoms with Gasteiger partial charge in [0, 0.05) is 21.1 Å². The van der Waals surface area contributed by atoms with Crippen molar-refractivity contribution in [2.45, 2.75) is 19.5 Å². The van der Waals surface area contributed by atoms with Crippen LogP contribution in [-0.2, 0) is 18.4 Å². The van der Waals surface area contributed by atoms with Crippen LogP contribution in [0.3, 0.4) is 0 Å². The van der Waals surface area contributed by atoms with Crippen molar-refractivity contribution in [3.05, 3.63) is 30.1 Å². The molecule has 1 aromatic carbocycles. The highest BCUT2D eigenvalue weighted by Crippen LogP contribution is 2.13. The van der Waals surface area contributed by atoms with E-state index in [9.17, 15) is 4.79 Å². The molecular weight excluding hydrogens is 240 g/mol. The molecule has 1 amide bonds. The third-order valence-corrected chi connectivity index (χ3v) is 3.26. The van der Waals surface area contributed by atoms with Crippen molar-refractivity contribution < 1.29 is 4.79 Å². The summed E-state index contributed by atoms with van der Waals surface area (Å²) < 4.78 is 2.05. The van der Waals surface area contributed by atoms with Crippen LogP contribution < -0.4 is 5.32 Å². The lowest BCUT2D eigenvalue weighted by atomic mass is 10.3. The molecule has 1 aromatic heterocycles. The Morgan fingerprint density at radius 1 is 1.42 bits per heavy atom. The number of hydrogen-bond acceptors (Lipinski definition) is 3. The summed E-state index contributed by atoms with van der Waals surface area (Å²) in [5.41, 5.74) is 2.08. The highest BCUT2D eigenvalue weighted by Gasteiger charge is 2.15. The molecule has 0 fully saturated rings. The summed E-state index contributed by atoms with van der Waals surface area (Å²) >= 11 is 0. The number of hydrogen-bond donors (Lipinski definition) is 1. The molecule has 0 saturated heterocycles. The maximum absolute atomic E-state index is 11.8. The van der Waals surface area contributed by atoms with Crippen LogP contribution in [-0.4, -0.2) is 40.5 Å². The van der Waals surface area contributed by atoms with Crippen molar-refractivity contribution in [2.75, 3.05) is 14.1 Å². The molecule has 1 unspecified atom stereocenters. The number of nitrogens with zero attached hydrogens (tertiary/aromatic N) is 3. The number of para-hydroxylation sites is 2. The van der Waals surface area contributed by atoms with Crippen LogP contribution in [0.5, 0.6) is 0 Å². The van der Waals surface area contributed by atoms with E-state index in [1.807, 2.05) is 38.2 Å². The number of amides is 1. The number of carbonyl (C=O) groups is 1. The Labute approximate surface area is 113 Å². The summed E-state index contributed by atoms with van der Waals surface area (Å²) in [6.45, 7) is 2.44. The molecule has 0 aliphatic rings. The SMILES string of the molecule is CC(NCc1nc2ccccc2n1C)C(=O)N(C)C. The molecule has 0 aliphatic heterocycles. The fourth-order valence-corrected chi connectivity index (χ4v) is 2.07. The first-order valence-electron chi connectivity index (χ1n) is 6.35. The Hall–Kier alpha value is -1.88. The third kappa shape index (κ3) is 2.76. The summed E-state index contributed by atoms with van der Waals surface area (Å²) in [5, 5.41) is 3.21. The molecule has 5 nitrogen and oxygen atoms in total. The zero-order valence-electron chi connectivity index (χ0n) is 11.8. The zero-order chi connectivity index (χ0) is 14.0. The molecule has 0 aliphatic carbocycles. The summed E-state index contributed by atoms with van der Waals surface area (Å²) in [5.74, 6) is 0.998. The molecule has 102 valence electrons. The number of aryl methyl sites for hydroxylation is 1. The van der Waals surface area contributed by atoms with Crippen LogP contribution in [0.25, 0.3) is 11.0 Å². The van der Waals surface area contributed by atoms with Crippen LogP contribution in [0, 0.1) is 0 Å². The topological polar surface area (TPSA) is 50.2 Å². The van der Waals surface area contributed by atoms with Gasteiger partial charge in [-0.05, 0) is 19.1 Å². The lowest BCUT2D eigenvalue weighted by Crippen LogP contribution is -2.41. The Balaban J connectivity index is 2.10. The normalized spacial score (nSPS) is 12.6. The number of aromatic nitrogens is 2. The Morgan fingerprint density at radius 3 is 2.74 bits per heavy atom. The quantitative estimate of drug-likeness (QED) is 0.897. The first-order chi connectivity index (χ1) is 9.00. The van der Waals surface area contributed by atoms with E-state index >= 15 is 0 Å². The first-order valence-corrected chi connectivity index (χ1v) is 6.35. The summed E-state index contributed by atoms with van der Waals surface area (Å²) in [6, 6.07) is 7.80. The highest BCUT2D eigenvalue weighted by molar-refractivity contribution is 5.81. The lowest BCUT2D eigenvalue weighted by Gasteiger charge is -2.17. The third-order valence-electron chi connectivity index (χ3n) is 3.26. The molecule has 2 rings (SSSR count). The van der Waals surface area contributed by atoms with Gasteiger partial charge < -0.3 is 9.47 Å². The second kappa shape index (κ2) is 5.40. The van der Waals surface area contributed by atoms with Gasteiger partial charge in [0.2, 0.25) is 5.91 Å². The average molecular weight is 260 g/mol. The molecule has 0 bridgehead atoms. The van der Waals surface area contributed by atoms with E-state index in [2.05, 4.69) is 14.9 Å². The van der Waals surface area contributed by atoms with Gasteiger partial charge in [0.05, 0.1) is 23.6 Å². The van der Waals surface area contributed by atoms with Gasteiger partial charge in [-0.25, -0.2) is 4.98 Å². The van der Waals surface area contributed by atoms with E-state index in [-0.39, 0.29) is 11.9 Å². The number of carbonyl (C=O) groups excluding carboxylic acids is 1. The predicted octanol–water partition coefficient (Wildman–Crippen LogP) is 1.14. The minimum atomic E-state index is -0.213. The van der Waals surface area contributed by atoms with Crippen LogP contribution in [0.2, 0.25) is 0 Å². The second-order valence-electron chi connectivity index (χ2n) is 4.91. The highest BCUT2D eigenvalue weighted by atomic mass is 16.2. The van der Waals surface area contributed by atoms with Gasteiger partial charge in [-0.3, -0.25) is 10.1 Å². The minimum absolute atomic E-state index is 0.0683. The van der Waals surface area contributed by atoms with Gasteiger partial charge in [0.25, 0.3) is 0 Å². The molecule has 5 heteroatoms. The van der Waals surface area contributed by atoms with Gasteiger partial charge in [0.15, 0.2) is 0 Å². The van der Waals surface area contributed by atoms with Crippen molar-refractivity contribution in [3.63, 3.8) is 0 Å². The standard InChI is InChI=1S/C14H20N4O/c1-10(14(19)17(2)3)15-9-13-16-11-7-5-6-8-12(11)18(13)4/h5-8,10,15H,9H2,1-4H3. The smallest absolute Gasteiger partial charge is 0.238 e. The number of fused-ring (bicyclic) bond motifs is 1. The maximum Gasteiger partial charge on any atom is 0.238 e. The number of rotatable bonds is 4. The summed E-state index contributed by atoms with van der Waals surface area (Å²) in [4.78, 5) is 17.9. The fraction of sp³-hybridized carbons (Fsp3) is 0.429. The molecule has 0 radical (unpaired) electrons. The monoisotopic (exact) mass is 260 g/mol. The summed E-state index contributed by atoms with van der Waals surface area (Å²) in [6.07, 6.45) is 0. The summed E-state index contributed by atoms with van der Waals surface area (Å²) in [7, 11) is 5.51. The first kappa shape index (κ1) is 13.5. The van der Waals surface area contributed by atoms with E-state index in [0.717, 1.165) is 16.9 Å². The minimum Gasteiger partial charge on any atom is -0.347 e. The molecule has 1 N–H and O–H groups in total. The van der Waals surface area contributed by atoms with Crippen molar-refractivity contribution in [3.8, 4) is 0 Å². The maximum atomic E-state index is 11.8. The molecule has 2 aromatic rings. The molecule has 0 spiro atoms. The van der Waals surface area contributed by atoms with E-state index in [1.54, 1.807) is 19.0 Å². The van der Waals surface area contributed by atoms with E-state index in [4.69, 9.17) is 0 Å². The van der Waals surface area contributed by atoms with Crippen molar-refractivity contribution in [1.82, 2.24) is 19.8 Å². The number of likely N-dealkylation sites (N-methyl/N-ethyl adjacent to an activating group) is 1. The predicted molar refractivity (Wildman–Crippen MR) is 75.7 cm³/mol. The number of imidazole rings is 1. The lowest BCUT2D eigenvalue weighted by molar-refractivity contribution is -0.130. The number of nitrogens with one attached hydrogen (secondary N) is 1. The van der Waals surface area contributed by atoms with Crippen LogP contribution in [0.4, 0.5) is 0 Å². The van der Waals surface area contributed by atoms with Crippen molar-refractivity contribution in [2.24, 2.45) is 7.05 Å². The van der Waals surface area contributed by atoms with Crippen LogP contribution >= 0.6 is 0 Å². The van der Waals surface area contributed by atoms with Gasteiger partial charge in [-0.1, -0.05) is 12.1 Å². The number of benzene rings is 1. The van der Waals surface area contributed by atoms with Crippen LogP contribution in [0.15, 0.2) is 24.3 Å². The van der Waals surface area contributed by atoms with E-state index < -0.39 is 0 Å². The van der Waals surface area contributed by atoms with Crippen molar-refractivity contribution in [1.29, 1.82) is 0 Å². The molecular formula is C14H20N4O. The van der Waals surface area contributed by atoms with Gasteiger partial charge in [-0.15, -0.1) is 0 Å². The Bertz CT molecular complexity index is 588. The fourth-order valence-electron chi connectivity index (χ4n) is 2.07. The largest absolute Gasteiger partial charge is 0.347 e. The second-order valence-corrected chi connectivity index (χ2v) is 4.91. The van der Waals surface area contributed by atoms with E-state index in [0.29, 0.717) is 6.54 Å². The van der Waals surface area contributed by atoms with Gasteiger partial charge in [-0.2, -0.15) is 0 Å².